The molecule has 17 heavy (non-hydrogen) atoms. The van der Waals surface area contributed by atoms with E-state index in [-0.39, 0.29) is 21.6 Å². The standard InChI is InChI=1S/C9H6F3IN2O2/c1-16-6-4-5(2-3-14)7(8(13)15-6)17-9(10,11)12/h4H,2H2,1H3. The Labute approximate surface area is 108 Å². The fourth-order valence-corrected chi connectivity index (χ4v) is 1.77. The molecule has 1 heterocycles. The van der Waals surface area contributed by atoms with Gasteiger partial charge in [0.15, 0.2) is 5.75 Å². The first-order chi connectivity index (χ1) is 7.87. The van der Waals surface area contributed by atoms with Gasteiger partial charge < -0.3 is 9.47 Å². The lowest BCUT2D eigenvalue weighted by Gasteiger charge is -2.14. The van der Waals surface area contributed by atoms with E-state index in [0.717, 1.165) is 0 Å². The summed E-state index contributed by atoms with van der Waals surface area (Å²) in [4.78, 5) is 3.75. The molecule has 0 saturated heterocycles. The highest BCUT2D eigenvalue weighted by Gasteiger charge is 2.33. The minimum Gasteiger partial charge on any atom is -0.481 e. The normalized spacial score (nSPS) is 10.8. The molecule has 1 aromatic heterocycles. The van der Waals surface area contributed by atoms with E-state index in [1.807, 2.05) is 0 Å². The molecule has 0 aromatic carbocycles. The van der Waals surface area contributed by atoms with Gasteiger partial charge in [0.2, 0.25) is 5.88 Å². The third-order valence-electron chi connectivity index (χ3n) is 1.68. The summed E-state index contributed by atoms with van der Waals surface area (Å²) in [6, 6.07) is 3.00. The van der Waals surface area contributed by atoms with Gasteiger partial charge in [0.1, 0.15) is 3.70 Å². The Bertz CT molecular complexity index is 457. The highest BCUT2D eigenvalue weighted by Crippen LogP contribution is 2.32. The summed E-state index contributed by atoms with van der Waals surface area (Å²) in [5, 5.41) is 8.55. The first-order valence-electron chi connectivity index (χ1n) is 4.23. The second kappa shape index (κ2) is 5.39. The van der Waals surface area contributed by atoms with Crippen molar-refractivity contribution in [2.75, 3.05) is 7.11 Å². The molecule has 0 spiro atoms. The highest BCUT2D eigenvalue weighted by molar-refractivity contribution is 14.1. The molecular formula is C9H6F3IN2O2. The van der Waals surface area contributed by atoms with Crippen LogP contribution in [0.4, 0.5) is 13.2 Å². The van der Waals surface area contributed by atoms with Gasteiger partial charge in [-0.15, -0.1) is 13.2 Å². The molecular weight excluding hydrogens is 352 g/mol. The van der Waals surface area contributed by atoms with Crippen molar-refractivity contribution in [1.29, 1.82) is 5.26 Å². The average Bonchev–Trinajstić information content (AvgIpc) is 2.21. The first-order valence-corrected chi connectivity index (χ1v) is 5.31. The van der Waals surface area contributed by atoms with Gasteiger partial charge in [-0.25, -0.2) is 4.98 Å². The third-order valence-corrected chi connectivity index (χ3v) is 2.41. The molecule has 4 nitrogen and oxygen atoms in total. The number of hydrogen-bond donors (Lipinski definition) is 0. The number of ether oxygens (including phenoxy) is 2. The van der Waals surface area contributed by atoms with E-state index in [2.05, 4.69) is 9.72 Å². The Morgan fingerprint density at radius 3 is 2.65 bits per heavy atom. The Morgan fingerprint density at radius 1 is 1.53 bits per heavy atom. The zero-order valence-electron chi connectivity index (χ0n) is 8.51. The minimum absolute atomic E-state index is 0.00970. The number of halogens is 4. The summed E-state index contributed by atoms with van der Waals surface area (Å²) in [6.07, 6.45) is -5.04. The Hall–Kier alpha value is -1.24. The van der Waals surface area contributed by atoms with E-state index < -0.39 is 12.1 Å². The van der Waals surface area contributed by atoms with Gasteiger partial charge in [-0.1, -0.05) is 0 Å². The van der Waals surface area contributed by atoms with Gasteiger partial charge in [0.05, 0.1) is 19.6 Å². The van der Waals surface area contributed by atoms with Crippen LogP contribution in [0.5, 0.6) is 11.6 Å². The minimum atomic E-state index is -4.82. The molecule has 1 aromatic rings. The number of nitriles is 1. The number of hydrogen-bond acceptors (Lipinski definition) is 4. The smallest absolute Gasteiger partial charge is 0.481 e. The molecule has 8 heteroatoms. The second-order valence-corrected chi connectivity index (χ2v) is 3.85. The predicted octanol–water partition coefficient (Wildman–Crippen LogP) is 2.66. The van der Waals surface area contributed by atoms with Crippen molar-refractivity contribution in [1.82, 2.24) is 4.98 Å². The number of rotatable bonds is 3. The topological polar surface area (TPSA) is 55.1 Å². The fourth-order valence-electron chi connectivity index (χ4n) is 1.07. The van der Waals surface area contributed by atoms with E-state index in [1.54, 1.807) is 28.7 Å². The molecule has 0 N–H and O–H groups in total. The summed E-state index contributed by atoms with van der Waals surface area (Å²) in [5.74, 6) is -0.324. The van der Waals surface area contributed by atoms with Gasteiger partial charge in [-0.05, 0) is 22.6 Å². The van der Waals surface area contributed by atoms with Crippen LogP contribution in [-0.4, -0.2) is 18.5 Å². The summed E-state index contributed by atoms with van der Waals surface area (Å²) >= 11 is 1.59. The van der Waals surface area contributed by atoms with Gasteiger partial charge in [-0.3, -0.25) is 0 Å². The highest BCUT2D eigenvalue weighted by atomic mass is 127. The quantitative estimate of drug-likeness (QED) is 0.616. The van der Waals surface area contributed by atoms with Gasteiger partial charge in [0.25, 0.3) is 0 Å². The fraction of sp³-hybridized carbons (Fsp3) is 0.333. The summed E-state index contributed by atoms with van der Waals surface area (Å²) in [6.45, 7) is 0. The Balaban J connectivity index is 3.22. The molecule has 92 valence electrons. The van der Waals surface area contributed by atoms with Gasteiger partial charge in [-0.2, -0.15) is 5.26 Å². The van der Waals surface area contributed by atoms with Crippen LogP contribution < -0.4 is 9.47 Å². The zero-order chi connectivity index (χ0) is 13.1. The molecule has 0 atom stereocenters. The van der Waals surface area contributed by atoms with Crippen LogP contribution in [0.25, 0.3) is 0 Å². The summed E-state index contributed by atoms with van der Waals surface area (Å²) < 4.78 is 45.1. The lowest BCUT2D eigenvalue weighted by Crippen LogP contribution is -2.19. The van der Waals surface area contributed by atoms with E-state index in [9.17, 15) is 13.2 Å². The molecule has 0 bridgehead atoms. The van der Waals surface area contributed by atoms with Gasteiger partial charge in [0, 0.05) is 11.6 Å². The Morgan fingerprint density at radius 2 is 2.18 bits per heavy atom. The third kappa shape index (κ3) is 3.92. The molecule has 0 fully saturated rings. The SMILES string of the molecule is COc1cc(CC#N)c(OC(F)(F)F)c(I)n1. The van der Waals surface area contributed by atoms with Crippen LogP contribution in [0.2, 0.25) is 0 Å². The van der Waals surface area contributed by atoms with Crippen LogP contribution in [0.15, 0.2) is 6.07 Å². The van der Waals surface area contributed by atoms with Crippen molar-refractivity contribution >= 4 is 22.6 Å². The molecule has 0 aliphatic rings. The predicted molar refractivity (Wildman–Crippen MR) is 59.5 cm³/mol. The van der Waals surface area contributed by atoms with Crippen molar-refractivity contribution in [3.05, 3.63) is 15.3 Å². The summed E-state index contributed by atoms with van der Waals surface area (Å²) in [7, 11) is 1.33. The average molecular weight is 358 g/mol. The lowest BCUT2D eigenvalue weighted by atomic mass is 10.2. The largest absolute Gasteiger partial charge is 0.573 e. The van der Waals surface area contributed by atoms with Crippen molar-refractivity contribution in [2.24, 2.45) is 0 Å². The number of pyridine rings is 1. The lowest BCUT2D eigenvalue weighted by molar-refractivity contribution is -0.275. The molecule has 0 saturated carbocycles. The van der Waals surface area contributed by atoms with Crippen molar-refractivity contribution in [2.45, 2.75) is 12.8 Å². The van der Waals surface area contributed by atoms with Crippen molar-refractivity contribution < 1.29 is 22.6 Å². The molecule has 0 radical (unpaired) electrons. The van der Waals surface area contributed by atoms with Crippen molar-refractivity contribution in [3.8, 4) is 17.7 Å². The molecule has 0 aliphatic heterocycles. The molecule has 0 aliphatic carbocycles. The number of methoxy groups -OCH3 is 1. The maximum atomic E-state index is 12.2. The van der Waals surface area contributed by atoms with Crippen LogP contribution in [-0.2, 0) is 6.42 Å². The second-order valence-electron chi connectivity index (χ2n) is 2.83. The van der Waals surface area contributed by atoms with Crippen molar-refractivity contribution in [3.63, 3.8) is 0 Å². The van der Waals surface area contributed by atoms with E-state index >= 15 is 0 Å². The van der Waals surface area contributed by atoms with E-state index in [4.69, 9.17) is 10.00 Å². The van der Waals surface area contributed by atoms with Gasteiger partial charge >= 0.3 is 6.36 Å². The molecule has 0 unspecified atom stereocenters. The van der Waals surface area contributed by atoms with Crippen LogP contribution in [0.1, 0.15) is 5.56 Å². The Kier molecular flexibility index (Phi) is 4.39. The number of aromatic nitrogens is 1. The maximum Gasteiger partial charge on any atom is 0.573 e. The van der Waals surface area contributed by atoms with E-state index in [1.165, 1.54) is 13.2 Å². The first kappa shape index (κ1) is 13.8. The zero-order valence-corrected chi connectivity index (χ0v) is 10.7. The monoisotopic (exact) mass is 358 g/mol. The number of nitrogens with zero attached hydrogens (tertiary/aromatic N) is 2. The van der Waals surface area contributed by atoms with Crippen LogP contribution in [0, 0.1) is 15.0 Å². The maximum absolute atomic E-state index is 12.2. The van der Waals surface area contributed by atoms with E-state index in [0.29, 0.717) is 0 Å². The summed E-state index contributed by atoms with van der Waals surface area (Å²) in [5.41, 5.74) is 0.0843. The molecule has 0 amide bonds. The number of alkyl halides is 3. The van der Waals surface area contributed by atoms with Crippen LogP contribution in [0.3, 0.4) is 0 Å². The molecule has 1 rings (SSSR count). The van der Waals surface area contributed by atoms with Crippen LogP contribution >= 0.6 is 22.6 Å².